The first-order chi connectivity index (χ1) is 15.0. The minimum Gasteiger partial charge on any atom is -0.497 e. The van der Waals surface area contributed by atoms with E-state index in [2.05, 4.69) is 6.58 Å². The summed E-state index contributed by atoms with van der Waals surface area (Å²) in [7, 11) is 3.31. The summed E-state index contributed by atoms with van der Waals surface area (Å²) in [6.45, 7) is 6.33. The monoisotopic (exact) mass is 424 g/mol. The van der Waals surface area contributed by atoms with Gasteiger partial charge in [-0.1, -0.05) is 30.9 Å². The SMILES string of the molecule is C=C(C)C(=O)OCCCCCCOc1ccc(C=Cc2cc(OC)ccc2OC)cc1. The molecule has 0 atom stereocenters. The molecule has 2 aromatic carbocycles. The number of ether oxygens (including phenoxy) is 4. The average molecular weight is 425 g/mol. The highest BCUT2D eigenvalue weighted by atomic mass is 16.5. The molecule has 31 heavy (non-hydrogen) atoms. The number of unbranched alkanes of at least 4 members (excludes halogenated alkanes) is 3. The lowest BCUT2D eigenvalue weighted by Gasteiger charge is -2.08. The lowest BCUT2D eigenvalue weighted by Crippen LogP contribution is -2.06. The first kappa shape index (κ1) is 24.1. The van der Waals surface area contributed by atoms with Crippen molar-refractivity contribution < 1.29 is 23.7 Å². The molecule has 0 spiro atoms. The van der Waals surface area contributed by atoms with Crippen molar-refractivity contribution in [2.45, 2.75) is 32.6 Å². The van der Waals surface area contributed by atoms with Crippen molar-refractivity contribution in [3.8, 4) is 17.2 Å². The van der Waals surface area contributed by atoms with Crippen LogP contribution in [0.15, 0.2) is 54.6 Å². The maximum atomic E-state index is 11.3. The van der Waals surface area contributed by atoms with Gasteiger partial charge in [0.1, 0.15) is 17.2 Å². The zero-order chi connectivity index (χ0) is 22.5. The maximum absolute atomic E-state index is 11.3. The average Bonchev–Trinajstić information content (AvgIpc) is 2.79. The van der Waals surface area contributed by atoms with Crippen molar-refractivity contribution in [2.24, 2.45) is 0 Å². The second-order valence-electron chi connectivity index (χ2n) is 7.19. The summed E-state index contributed by atoms with van der Waals surface area (Å²) in [5.74, 6) is 2.12. The summed E-state index contributed by atoms with van der Waals surface area (Å²) in [5.41, 5.74) is 2.47. The molecule has 2 rings (SSSR count). The van der Waals surface area contributed by atoms with Crippen LogP contribution in [-0.2, 0) is 9.53 Å². The molecule has 0 N–H and O–H groups in total. The Kier molecular flexibility index (Phi) is 10.2. The fourth-order valence-electron chi connectivity index (χ4n) is 2.87. The predicted molar refractivity (Wildman–Crippen MR) is 125 cm³/mol. The van der Waals surface area contributed by atoms with Crippen LogP contribution in [0.1, 0.15) is 43.7 Å². The maximum Gasteiger partial charge on any atom is 0.333 e. The van der Waals surface area contributed by atoms with Gasteiger partial charge in [0.2, 0.25) is 0 Å². The molecule has 166 valence electrons. The minimum atomic E-state index is -0.316. The van der Waals surface area contributed by atoms with Crippen LogP contribution < -0.4 is 14.2 Å². The molecule has 0 heterocycles. The molecule has 0 bridgehead atoms. The molecule has 0 fully saturated rings. The van der Waals surface area contributed by atoms with E-state index >= 15 is 0 Å². The molecule has 0 aromatic heterocycles. The summed E-state index contributed by atoms with van der Waals surface area (Å²) < 4.78 is 21.6. The first-order valence-electron chi connectivity index (χ1n) is 10.5. The Bertz CT molecular complexity index is 868. The highest BCUT2D eigenvalue weighted by Gasteiger charge is 2.03. The van der Waals surface area contributed by atoms with Crippen LogP contribution in [0.2, 0.25) is 0 Å². The number of esters is 1. The number of methoxy groups -OCH3 is 2. The molecule has 0 saturated heterocycles. The Morgan fingerprint density at radius 2 is 1.55 bits per heavy atom. The second-order valence-corrected chi connectivity index (χ2v) is 7.19. The van der Waals surface area contributed by atoms with Crippen molar-refractivity contribution in [1.29, 1.82) is 0 Å². The Labute approximate surface area is 185 Å². The van der Waals surface area contributed by atoms with E-state index < -0.39 is 0 Å². The molecule has 5 heteroatoms. The van der Waals surface area contributed by atoms with Crippen LogP contribution in [0.4, 0.5) is 0 Å². The van der Waals surface area contributed by atoms with Gasteiger partial charge in [0.05, 0.1) is 27.4 Å². The van der Waals surface area contributed by atoms with Crippen molar-refractivity contribution in [3.05, 3.63) is 65.7 Å². The molecule has 5 nitrogen and oxygen atoms in total. The van der Waals surface area contributed by atoms with Crippen LogP contribution in [0, 0.1) is 0 Å². The molecule has 2 aromatic rings. The zero-order valence-electron chi connectivity index (χ0n) is 18.7. The van der Waals surface area contributed by atoms with Gasteiger partial charge in [0.15, 0.2) is 0 Å². The van der Waals surface area contributed by atoms with Crippen molar-refractivity contribution in [2.75, 3.05) is 27.4 Å². The van der Waals surface area contributed by atoms with Crippen LogP contribution in [0.5, 0.6) is 17.2 Å². The Balaban J connectivity index is 1.71. The van der Waals surface area contributed by atoms with Crippen molar-refractivity contribution >= 4 is 18.1 Å². The molecule has 0 amide bonds. The number of carbonyl (C=O) groups is 1. The molecule has 0 aliphatic heterocycles. The standard InChI is InChI=1S/C26H32O5/c1-20(2)26(27)31-18-8-6-5-7-17-30-23-13-10-21(11-14-23)9-12-22-19-24(28-3)15-16-25(22)29-4/h9-16,19H,1,5-8,17-18H2,2-4H3. The van der Waals surface area contributed by atoms with Gasteiger partial charge in [0, 0.05) is 11.1 Å². The van der Waals surface area contributed by atoms with Gasteiger partial charge in [-0.05, 0) is 68.5 Å². The van der Waals surface area contributed by atoms with Crippen LogP contribution in [0.25, 0.3) is 12.2 Å². The van der Waals surface area contributed by atoms with E-state index in [9.17, 15) is 4.79 Å². The van der Waals surface area contributed by atoms with Gasteiger partial charge in [-0.3, -0.25) is 0 Å². The molecular weight excluding hydrogens is 392 g/mol. The predicted octanol–water partition coefficient (Wildman–Crippen LogP) is 5.93. The smallest absolute Gasteiger partial charge is 0.333 e. The summed E-state index contributed by atoms with van der Waals surface area (Å²) in [6, 6.07) is 13.7. The fourth-order valence-corrected chi connectivity index (χ4v) is 2.87. The third-order valence-electron chi connectivity index (χ3n) is 4.66. The molecule has 0 radical (unpaired) electrons. The normalized spacial score (nSPS) is 10.7. The largest absolute Gasteiger partial charge is 0.497 e. The number of carbonyl (C=O) groups excluding carboxylic acids is 1. The molecule has 0 saturated carbocycles. The molecule has 0 aliphatic rings. The van der Waals surface area contributed by atoms with E-state index in [0.29, 0.717) is 18.8 Å². The lowest BCUT2D eigenvalue weighted by molar-refractivity contribution is -0.139. The number of benzene rings is 2. The Hall–Kier alpha value is -3.21. The number of hydrogen-bond donors (Lipinski definition) is 0. The van der Waals surface area contributed by atoms with Gasteiger partial charge in [-0.15, -0.1) is 0 Å². The van der Waals surface area contributed by atoms with Gasteiger partial charge >= 0.3 is 5.97 Å². The highest BCUT2D eigenvalue weighted by Crippen LogP contribution is 2.26. The third-order valence-corrected chi connectivity index (χ3v) is 4.66. The summed E-state index contributed by atoms with van der Waals surface area (Å²) >= 11 is 0. The fraction of sp³-hybridized carbons (Fsp3) is 0.346. The topological polar surface area (TPSA) is 54.0 Å². The second kappa shape index (κ2) is 13.2. The molecule has 0 aliphatic carbocycles. The zero-order valence-corrected chi connectivity index (χ0v) is 18.7. The lowest BCUT2D eigenvalue weighted by atomic mass is 10.1. The highest BCUT2D eigenvalue weighted by molar-refractivity contribution is 5.86. The van der Waals surface area contributed by atoms with Crippen molar-refractivity contribution in [1.82, 2.24) is 0 Å². The van der Waals surface area contributed by atoms with Crippen LogP contribution >= 0.6 is 0 Å². The van der Waals surface area contributed by atoms with E-state index in [1.807, 2.05) is 54.6 Å². The third kappa shape index (κ3) is 8.59. The van der Waals surface area contributed by atoms with E-state index in [0.717, 1.165) is 54.1 Å². The summed E-state index contributed by atoms with van der Waals surface area (Å²) in [5, 5.41) is 0. The van der Waals surface area contributed by atoms with Gasteiger partial charge in [0.25, 0.3) is 0 Å². The number of rotatable bonds is 13. The van der Waals surface area contributed by atoms with Crippen LogP contribution in [0.3, 0.4) is 0 Å². The van der Waals surface area contributed by atoms with Gasteiger partial charge < -0.3 is 18.9 Å². The first-order valence-corrected chi connectivity index (χ1v) is 10.5. The summed E-state index contributed by atoms with van der Waals surface area (Å²) in [6.07, 6.45) is 7.90. The Morgan fingerprint density at radius 3 is 2.19 bits per heavy atom. The quantitative estimate of drug-likeness (QED) is 0.173. The van der Waals surface area contributed by atoms with Crippen LogP contribution in [-0.4, -0.2) is 33.4 Å². The van der Waals surface area contributed by atoms with Crippen molar-refractivity contribution in [3.63, 3.8) is 0 Å². The van der Waals surface area contributed by atoms with Gasteiger partial charge in [-0.25, -0.2) is 4.79 Å². The number of hydrogen-bond acceptors (Lipinski definition) is 5. The van der Waals surface area contributed by atoms with E-state index in [1.54, 1.807) is 21.1 Å². The minimum absolute atomic E-state index is 0.316. The molecule has 0 unspecified atom stereocenters. The van der Waals surface area contributed by atoms with E-state index in [1.165, 1.54) is 0 Å². The van der Waals surface area contributed by atoms with E-state index in [-0.39, 0.29) is 5.97 Å². The van der Waals surface area contributed by atoms with E-state index in [4.69, 9.17) is 18.9 Å². The Morgan fingerprint density at radius 1 is 0.871 bits per heavy atom. The summed E-state index contributed by atoms with van der Waals surface area (Å²) in [4.78, 5) is 11.3. The van der Waals surface area contributed by atoms with Gasteiger partial charge in [-0.2, -0.15) is 0 Å². The molecular formula is C26H32O5.